The summed E-state index contributed by atoms with van der Waals surface area (Å²) in [5.74, 6) is 0.800. The highest BCUT2D eigenvalue weighted by atomic mass is 35.5. The summed E-state index contributed by atoms with van der Waals surface area (Å²) in [6.07, 6.45) is 1.55. The molecule has 20 heavy (non-hydrogen) atoms. The first kappa shape index (κ1) is 14.4. The molecule has 0 saturated heterocycles. The summed E-state index contributed by atoms with van der Waals surface area (Å²) in [4.78, 5) is 11.7. The Morgan fingerprint density at radius 1 is 1.35 bits per heavy atom. The number of ether oxygens (including phenoxy) is 1. The lowest BCUT2D eigenvalue weighted by Crippen LogP contribution is -2.21. The van der Waals surface area contributed by atoms with Crippen LogP contribution in [0.3, 0.4) is 0 Å². The minimum atomic E-state index is -0.321. The average Bonchev–Trinajstić information content (AvgIpc) is 2.48. The largest absolute Gasteiger partial charge is 0.497 e. The Morgan fingerprint density at radius 3 is 2.60 bits per heavy atom. The first-order valence-electron chi connectivity index (χ1n) is 6.15. The number of anilines is 1. The van der Waals surface area contributed by atoms with E-state index in [1.807, 2.05) is 31.2 Å². The second-order valence-corrected chi connectivity index (χ2v) is 4.82. The van der Waals surface area contributed by atoms with E-state index in [4.69, 9.17) is 16.3 Å². The van der Waals surface area contributed by atoms with Crippen LogP contribution in [-0.2, 0) is 7.05 Å². The number of halogens is 1. The van der Waals surface area contributed by atoms with Crippen LogP contribution >= 0.6 is 11.6 Å². The van der Waals surface area contributed by atoms with Crippen LogP contribution in [0.2, 0.25) is 5.02 Å². The van der Waals surface area contributed by atoms with Gasteiger partial charge in [-0.05, 0) is 24.6 Å². The fraction of sp³-hybridized carbons (Fsp3) is 0.286. The Bertz CT molecular complexity index is 652. The lowest BCUT2D eigenvalue weighted by molar-refractivity contribution is 0.414. The first-order valence-corrected chi connectivity index (χ1v) is 6.53. The molecule has 1 aromatic carbocycles. The summed E-state index contributed by atoms with van der Waals surface area (Å²) >= 11 is 6.02. The quantitative estimate of drug-likeness (QED) is 0.941. The molecule has 6 heteroatoms. The lowest BCUT2D eigenvalue weighted by Gasteiger charge is -2.16. The van der Waals surface area contributed by atoms with Gasteiger partial charge in [0.1, 0.15) is 10.8 Å². The number of aromatic nitrogens is 2. The third kappa shape index (κ3) is 2.93. The van der Waals surface area contributed by atoms with Gasteiger partial charge in [-0.2, -0.15) is 5.10 Å². The molecule has 106 valence electrons. The Labute approximate surface area is 122 Å². The molecule has 0 radical (unpaired) electrons. The second kappa shape index (κ2) is 5.96. The van der Waals surface area contributed by atoms with Gasteiger partial charge in [0.2, 0.25) is 0 Å². The van der Waals surface area contributed by atoms with Crippen LogP contribution in [0.5, 0.6) is 5.75 Å². The van der Waals surface area contributed by atoms with Crippen LogP contribution in [0.25, 0.3) is 0 Å². The monoisotopic (exact) mass is 293 g/mol. The van der Waals surface area contributed by atoms with Gasteiger partial charge in [0, 0.05) is 13.1 Å². The summed E-state index contributed by atoms with van der Waals surface area (Å²) in [6.45, 7) is 1.98. The van der Waals surface area contributed by atoms with Gasteiger partial charge in [-0.1, -0.05) is 23.7 Å². The van der Waals surface area contributed by atoms with E-state index in [2.05, 4.69) is 10.4 Å². The molecule has 1 unspecified atom stereocenters. The fourth-order valence-corrected chi connectivity index (χ4v) is 2.05. The zero-order valence-corrected chi connectivity index (χ0v) is 12.3. The number of nitrogens with zero attached hydrogens (tertiary/aromatic N) is 2. The number of rotatable bonds is 4. The molecule has 0 saturated carbocycles. The molecule has 0 bridgehead atoms. The molecule has 1 aromatic heterocycles. The number of methoxy groups -OCH3 is 1. The highest BCUT2D eigenvalue weighted by Crippen LogP contribution is 2.24. The number of nitrogens with one attached hydrogen (secondary N) is 1. The molecular weight excluding hydrogens is 278 g/mol. The predicted octanol–water partition coefficient (Wildman–Crippen LogP) is 2.62. The van der Waals surface area contributed by atoms with Gasteiger partial charge in [-0.15, -0.1) is 0 Å². The van der Waals surface area contributed by atoms with Crippen molar-refractivity contribution in [3.63, 3.8) is 0 Å². The van der Waals surface area contributed by atoms with Crippen molar-refractivity contribution in [1.82, 2.24) is 9.78 Å². The van der Waals surface area contributed by atoms with Crippen LogP contribution in [0.15, 0.2) is 35.3 Å². The van der Waals surface area contributed by atoms with Crippen molar-refractivity contribution in [2.24, 2.45) is 7.05 Å². The third-order valence-electron chi connectivity index (χ3n) is 3.07. The standard InChI is InChI=1S/C14H16ClN3O2/c1-9(10-4-6-11(20-3)7-5-10)17-12-8-16-18(2)14(19)13(12)15/h4-9,17H,1-3H3. The van der Waals surface area contributed by atoms with Gasteiger partial charge < -0.3 is 10.1 Å². The maximum Gasteiger partial charge on any atom is 0.287 e. The normalized spacial score (nSPS) is 12.0. The van der Waals surface area contributed by atoms with E-state index in [0.29, 0.717) is 5.69 Å². The summed E-state index contributed by atoms with van der Waals surface area (Å²) in [6, 6.07) is 7.68. The topological polar surface area (TPSA) is 56.1 Å². The van der Waals surface area contributed by atoms with Crippen molar-refractivity contribution in [2.45, 2.75) is 13.0 Å². The Balaban J connectivity index is 2.21. The molecule has 2 rings (SSSR count). The lowest BCUT2D eigenvalue weighted by atomic mass is 10.1. The maximum atomic E-state index is 11.7. The van der Waals surface area contributed by atoms with Crippen molar-refractivity contribution < 1.29 is 4.74 Å². The Hall–Kier alpha value is -2.01. The summed E-state index contributed by atoms with van der Waals surface area (Å²) in [5, 5.41) is 7.28. The second-order valence-electron chi connectivity index (χ2n) is 4.44. The van der Waals surface area contributed by atoms with Gasteiger partial charge in [-0.3, -0.25) is 4.79 Å². The van der Waals surface area contributed by atoms with Crippen LogP contribution in [0.1, 0.15) is 18.5 Å². The number of benzene rings is 1. The minimum absolute atomic E-state index is 0.00712. The summed E-state index contributed by atoms with van der Waals surface area (Å²) in [7, 11) is 3.19. The van der Waals surface area contributed by atoms with Crippen LogP contribution in [0, 0.1) is 0 Å². The fourth-order valence-electron chi connectivity index (χ4n) is 1.82. The summed E-state index contributed by atoms with van der Waals surface area (Å²) < 4.78 is 6.32. The highest BCUT2D eigenvalue weighted by Gasteiger charge is 2.11. The van der Waals surface area contributed by atoms with Gasteiger partial charge >= 0.3 is 0 Å². The smallest absolute Gasteiger partial charge is 0.287 e. The first-order chi connectivity index (χ1) is 9.52. The van der Waals surface area contributed by atoms with Gasteiger partial charge in [0.25, 0.3) is 5.56 Å². The van der Waals surface area contributed by atoms with Gasteiger partial charge in [-0.25, -0.2) is 4.68 Å². The molecule has 0 spiro atoms. The van der Waals surface area contributed by atoms with Gasteiger partial charge in [0.05, 0.1) is 19.0 Å². The van der Waals surface area contributed by atoms with E-state index in [1.54, 1.807) is 20.4 Å². The van der Waals surface area contributed by atoms with E-state index in [9.17, 15) is 4.79 Å². The SMILES string of the molecule is COc1ccc(C(C)Nc2cnn(C)c(=O)c2Cl)cc1. The molecule has 2 aromatic rings. The van der Waals surface area contributed by atoms with E-state index >= 15 is 0 Å². The van der Waals surface area contributed by atoms with Crippen LogP contribution in [-0.4, -0.2) is 16.9 Å². The minimum Gasteiger partial charge on any atom is -0.497 e. The molecule has 1 atom stereocenters. The van der Waals surface area contributed by atoms with Crippen LogP contribution < -0.4 is 15.6 Å². The molecule has 0 aliphatic rings. The van der Waals surface area contributed by atoms with E-state index in [0.717, 1.165) is 11.3 Å². The van der Waals surface area contributed by atoms with Crippen molar-refractivity contribution in [2.75, 3.05) is 12.4 Å². The van der Waals surface area contributed by atoms with Crippen molar-refractivity contribution in [1.29, 1.82) is 0 Å². The molecule has 1 heterocycles. The molecule has 0 aliphatic carbocycles. The zero-order chi connectivity index (χ0) is 14.7. The Morgan fingerprint density at radius 2 is 2.00 bits per heavy atom. The van der Waals surface area contributed by atoms with Gasteiger partial charge in [0.15, 0.2) is 0 Å². The van der Waals surface area contributed by atoms with E-state index in [-0.39, 0.29) is 16.6 Å². The molecule has 1 N–H and O–H groups in total. The van der Waals surface area contributed by atoms with Crippen molar-refractivity contribution in [3.05, 3.63) is 51.4 Å². The van der Waals surface area contributed by atoms with E-state index in [1.165, 1.54) is 4.68 Å². The van der Waals surface area contributed by atoms with Crippen molar-refractivity contribution in [3.8, 4) is 5.75 Å². The molecule has 0 aliphatic heterocycles. The zero-order valence-electron chi connectivity index (χ0n) is 11.6. The third-order valence-corrected chi connectivity index (χ3v) is 3.43. The number of aryl methyl sites for hydroxylation is 1. The Kier molecular flexibility index (Phi) is 4.29. The van der Waals surface area contributed by atoms with E-state index < -0.39 is 0 Å². The predicted molar refractivity (Wildman–Crippen MR) is 79.5 cm³/mol. The molecule has 0 amide bonds. The summed E-state index contributed by atoms with van der Waals surface area (Å²) in [5.41, 5.74) is 1.26. The van der Waals surface area contributed by atoms with Crippen molar-refractivity contribution >= 4 is 17.3 Å². The maximum absolute atomic E-state index is 11.7. The molecule has 5 nitrogen and oxygen atoms in total. The molecule has 0 fully saturated rings. The number of hydrogen-bond acceptors (Lipinski definition) is 4. The number of hydrogen-bond donors (Lipinski definition) is 1. The van der Waals surface area contributed by atoms with Crippen LogP contribution in [0.4, 0.5) is 5.69 Å². The highest BCUT2D eigenvalue weighted by molar-refractivity contribution is 6.32. The average molecular weight is 294 g/mol. The molecular formula is C14H16ClN3O2.